The van der Waals surface area contributed by atoms with Gasteiger partial charge in [0.2, 0.25) is 0 Å². The van der Waals surface area contributed by atoms with E-state index in [1.165, 1.54) is 0 Å². The largest absolute Gasteiger partial charge is 0.480 e. The summed E-state index contributed by atoms with van der Waals surface area (Å²) < 4.78 is 9.75. The molecule has 0 aromatic heterocycles. The molecule has 2 amide bonds. The fourth-order valence-corrected chi connectivity index (χ4v) is 1.48. The molecule has 0 rings (SSSR count). The molecule has 0 spiro atoms. The van der Waals surface area contributed by atoms with Crippen LogP contribution in [0.1, 0.15) is 26.2 Å². The van der Waals surface area contributed by atoms with Crippen LogP contribution in [0.5, 0.6) is 0 Å². The summed E-state index contributed by atoms with van der Waals surface area (Å²) in [5, 5.41) is 14.1. The summed E-state index contributed by atoms with van der Waals surface area (Å²) >= 11 is 0. The lowest BCUT2D eigenvalue weighted by Gasteiger charge is -2.18. The number of carboxylic acids is 1. The number of nitrogens with one attached hydrogen (secondary N) is 2. The van der Waals surface area contributed by atoms with Crippen molar-refractivity contribution in [1.29, 1.82) is 0 Å². The second kappa shape index (κ2) is 10.6. The monoisotopic (exact) mass is 276 g/mol. The molecule has 0 fully saturated rings. The Balaban J connectivity index is 4.05. The molecule has 7 nitrogen and oxygen atoms in total. The highest BCUT2D eigenvalue weighted by atomic mass is 16.5. The van der Waals surface area contributed by atoms with Crippen molar-refractivity contribution in [2.45, 2.75) is 38.3 Å². The van der Waals surface area contributed by atoms with E-state index in [-0.39, 0.29) is 6.04 Å². The lowest BCUT2D eigenvalue weighted by molar-refractivity contribution is -0.139. The summed E-state index contributed by atoms with van der Waals surface area (Å²) in [5.41, 5.74) is 0. The Bertz CT molecular complexity index is 273. The maximum atomic E-state index is 11.6. The van der Waals surface area contributed by atoms with Gasteiger partial charge in [0.15, 0.2) is 0 Å². The van der Waals surface area contributed by atoms with Crippen LogP contribution in [0.25, 0.3) is 0 Å². The Morgan fingerprint density at radius 3 is 2.26 bits per heavy atom. The van der Waals surface area contributed by atoms with Gasteiger partial charge < -0.3 is 25.2 Å². The maximum Gasteiger partial charge on any atom is 0.326 e. The van der Waals surface area contributed by atoms with Gasteiger partial charge in [0.25, 0.3) is 0 Å². The van der Waals surface area contributed by atoms with Crippen LogP contribution in [0, 0.1) is 0 Å². The van der Waals surface area contributed by atoms with E-state index in [0.717, 1.165) is 0 Å². The van der Waals surface area contributed by atoms with E-state index in [4.69, 9.17) is 14.6 Å². The zero-order valence-corrected chi connectivity index (χ0v) is 11.8. The van der Waals surface area contributed by atoms with Crippen molar-refractivity contribution in [2.75, 3.05) is 27.4 Å². The molecule has 0 aliphatic carbocycles. The average molecular weight is 276 g/mol. The van der Waals surface area contributed by atoms with Crippen LogP contribution in [0.3, 0.4) is 0 Å². The second-order valence-corrected chi connectivity index (χ2v) is 4.33. The van der Waals surface area contributed by atoms with Gasteiger partial charge in [0.05, 0.1) is 0 Å². The van der Waals surface area contributed by atoms with Gasteiger partial charge in [0, 0.05) is 33.5 Å². The third-order valence-electron chi connectivity index (χ3n) is 2.58. The normalized spacial score (nSPS) is 13.6. The third kappa shape index (κ3) is 9.26. The quantitative estimate of drug-likeness (QED) is 0.507. The standard InChI is InChI=1S/C12H24N2O5/c1-9(6-8-19-3)13-12(17)14-10(11(15)16)5-4-7-18-2/h9-10H,4-8H2,1-3H3,(H,15,16)(H2,13,14,17). The summed E-state index contributed by atoms with van der Waals surface area (Å²) in [5.74, 6) is -1.05. The van der Waals surface area contributed by atoms with Gasteiger partial charge in [-0.2, -0.15) is 0 Å². The van der Waals surface area contributed by atoms with Gasteiger partial charge >= 0.3 is 12.0 Å². The minimum absolute atomic E-state index is 0.0756. The number of rotatable bonds is 10. The molecule has 19 heavy (non-hydrogen) atoms. The molecule has 7 heteroatoms. The van der Waals surface area contributed by atoms with E-state index in [9.17, 15) is 9.59 Å². The molecule has 0 saturated carbocycles. The van der Waals surface area contributed by atoms with Crippen molar-refractivity contribution >= 4 is 12.0 Å². The van der Waals surface area contributed by atoms with E-state index in [2.05, 4.69) is 10.6 Å². The molecule has 0 aromatic rings. The van der Waals surface area contributed by atoms with Gasteiger partial charge in [0.1, 0.15) is 6.04 Å². The number of hydrogen-bond donors (Lipinski definition) is 3. The lowest BCUT2D eigenvalue weighted by Crippen LogP contribution is -2.48. The van der Waals surface area contributed by atoms with Crippen molar-refractivity contribution in [3.05, 3.63) is 0 Å². The number of methoxy groups -OCH3 is 2. The summed E-state index contributed by atoms with van der Waals surface area (Å²) in [6.07, 6.45) is 1.58. The SMILES string of the molecule is COCCCC(NC(=O)NC(C)CCOC)C(=O)O. The van der Waals surface area contributed by atoms with Crippen LogP contribution in [0.2, 0.25) is 0 Å². The van der Waals surface area contributed by atoms with E-state index >= 15 is 0 Å². The topological polar surface area (TPSA) is 96.9 Å². The number of carbonyl (C=O) groups is 2. The lowest BCUT2D eigenvalue weighted by atomic mass is 10.1. The van der Waals surface area contributed by atoms with Crippen molar-refractivity contribution in [2.24, 2.45) is 0 Å². The number of amides is 2. The highest BCUT2D eigenvalue weighted by Gasteiger charge is 2.19. The van der Waals surface area contributed by atoms with E-state index < -0.39 is 18.0 Å². The third-order valence-corrected chi connectivity index (χ3v) is 2.58. The average Bonchev–Trinajstić information content (AvgIpc) is 2.35. The highest BCUT2D eigenvalue weighted by Crippen LogP contribution is 1.99. The number of hydrogen-bond acceptors (Lipinski definition) is 4. The zero-order valence-electron chi connectivity index (χ0n) is 11.8. The summed E-state index contributed by atoms with van der Waals surface area (Å²) in [7, 11) is 3.14. The Kier molecular flexibility index (Phi) is 9.82. The van der Waals surface area contributed by atoms with Crippen LogP contribution in [0.15, 0.2) is 0 Å². The maximum absolute atomic E-state index is 11.6. The van der Waals surface area contributed by atoms with Gasteiger partial charge in [-0.05, 0) is 26.2 Å². The van der Waals surface area contributed by atoms with Crippen LogP contribution in [-0.2, 0) is 14.3 Å². The summed E-state index contributed by atoms with van der Waals surface area (Å²) in [6.45, 7) is 2.84. The van der Waals surface area contributed by atoms with Gasteiger partial charge in [-0.25, -0.2) is 9.59 Å². The van der Waals surface area contributed by atoms with Crippen LogP contribution in [0.4, 0.5) is 4.79 Å². The molecule has 0 bridgehead atoms. The minimum atomic E-state index is -1.05. The van der Waals surface area contributed by atoms with Gasteiger partial charge in [-0.3, -0.25) is 0 Å². The molecule has 112 valence electrons. The van der Waals surface area contributed by atoms with Crippen molar-refractivity contribution in [3.8, 4) is 0 Å². The van der Waals surface area contributed by atoms with Crippen LogP contribution < -0.4 is 10.6 Å². The number of ether oxygens (including phenoxy) is 2. The molecule has 0 radical (unpaired) electrons. The van der Waals surface area contributed by atoms with Crippen molar-refractivity contribution < 1.29 is 24.2 Å². The molecule has 3 N–H and O–H groups in total. The van der Waals surface area contributed by atoms with Gasteiger partial charge in [-0.15, -0.1) is 0 Å². The summed E-state index contributed by atoms with van der Waals surface area (Å²) in [6, 6.07) is -1.45. The molecular formula is C12H24N2O5. The van der Waals surface area contributed by atoms with Crippen LogP contribution in [-0.4, -0.2) is 56.6 Å². The molecule has 2 unspecified atom stereocenters. The number of carboxylic acid groups (broad SMARTS) is 1. The fourth-order valence-electron chi connectivity index (χ4n) is 1.48. The highest BCUT2D eigenvalue weighted by molar-refractivity contribution is 5.82. The van der Waals surface area contributed by atoms with E-state index in [0.29, 0.717) is 32.5 Å². The van der Waals surface area contributed by atoms with E-state index in [1.54, 1.807) is 14.2 Å². The summed E-state index contributed by atoms with van der Waals surface area (Å²) in [4.78, 5) is 22.6. The number of carbonyl (C=O) groups excluding carboxylic acids is 1. The Hall–Kier alpha value is -1.34. The first-order valence-electron chi connectivity index (χ1n) is 6.29. The number of urea groups is 1. The smallest absolute Gasteiger partial charge is 0.326 e. The first kappa shape index (κ1) is 17.7. The Labute approximate surface area is 113 Å². The van der Waals surface area contributed by atoms with Gasteiger partial charge in [-0.1, -0.05) is 0 Å². The molecule has 0 aliphatic rings. The predicted octanol–water partition coefficient (Wildman–Crippen LogP) is 0.590. The Morgan fingerprint density at radius 2 is 1.74 bits per heavy atom. The van der Waals surface area contributed by atoms with Crippen LogP contribution >= 0.6 is 0 Å². The molecule has 0 heterocycles. The fraction of sp³-hybridized carbons (Fsp3) is 0.833. The minimum Gasteiger partial charge on any atom is -0.480 e. The van der Waals surface area contributed by atoms with Crippen molar-refractivity contribution in [3.63, 3.8) is 0 Å². The first-order valence-corrected chi connectivity index (χ1v) is 6.29. The zero-order chi connectivity index (χ0) is 14.7. The predicted molar refractivity (Wildman–Crippen MR) is 70.2 cm³/mol. The number of aliphatic carboxylic acids is 1. The molecule has 0 aromatic carbocycles. The van der Waals surface area contributed by atoms with Crippen molar-refractivity contribution in [1.82, 2.24) is 10.6 Å². The second-order valence-electron chi connectivity index (χ2n) is 4.33. The Morgan fingerprint density at radius 1 is 1.11 bits per heavy atom. The molecule has 0 aliphatic heterocycles. The first-order chi connectivity index (χ1) is 9.01. The van der Waals surface area contributed by atoms with E-state index in [1.807, 2.05) is 6.92 Å². The molecular weight excluding hydrogens is 252 g/mol. The molecule has 2 atom stereocenters. The molecule has 0 saturated heterocycles.